The Kier molecular flexibility index (Phi) is 6.17. The number of carbonyl (C=O) groups excluding carboxylic acids is 3. The average Bonchev–Trinajstić information content (AvgIpc) is 2.36. The molecule has 0 saturated carbocycles. The van der Waals surface area contributed by atoms with E-state index >= 15 is 0 Å². The van der Waals surface area contributed by atoms with Crippen LogP contribution in [0.25, 0.3) is 0 Å². The smallest absolute Gasteiger partial charge is 0.339 e. The lowest BCUT2D eigenvalue weighted by molar-refractivity contribution is -0.203. The van der Waals surface area contributed by atoms with Crippen molar-refractivity contribution in [2.24, 2.45) is 0 Å². The molecule has 0 aromatic rings. The fourth-order valence-electron chi connectivity index (χ4n) is 1.86. The van der Waals surface area contributed by atoms with Crippen molar-refractivity contribution in [3.63, 3.8) is 0 Å². The molecule has 7 nitrogen and oxygen atoms in total. The summed E-state index contributed by atoms with van der Waals surface area (Å²) < 4.78 is 20.3. The van der Waals surface area contributed by atoms with E-state index in [9.17, 15) is 14.4 Å². The van der Waals surface area contributed by atoms with E-state index in [-0.39, 0.29) is 13.2 Å². The Labute approximate surface area is 116 Å². The molecule has 0 N–H and O–H groups in total. The fraction of sp³-hybridized carbons (Fsp3) is 0.615. The van der Waals surface area contributed by atoms with Gasteiger partial charge in [0.05, 0.1) is 6.61 Å². The van der Waals surface area contributed by atoms with Gasteiger partial charge in [0.2, 0.25) is 0 Å². The van der Waals surface area contributed by atoms with E-state index in [0.717, 1.165) is 0 Å². The minimum absolute atomic E-state index is 0.0176. The predicted molar refractivity (Wildman–Crippen MR) is 66.6 cm³/mol. The highest BCUT2D eigenvalue weighted by Crippen LogP contribution is 2.22. The van der Waals surface area contributed by atoms with Gasteiger partial charge >= 0.3 is 17.9 Å². The SMILES string of the molecule is C=CCOC(=O)[C@H]1OCC[C@@H](OC(C)=O)[C@@H]1OC(C)=O. The zero-order valence-electron chi connectivity index (χ0n) is 11.5. The van der Waals surface area contributed by atoms with Crippen molar-refractivity contribution in [1.82, 2.24) is 0 Å². The van der Waals surface area contributed by atoms with Crippen LogP contribution in [0.15, 0.2) is 12.7 Å². The third-order valence-electron chi connectivity index (χ3n) is 2.56. The molecule has 112 valence electrons. The molecule has 3 atom stereocenters. The van der Waals surface area contributed by atoms with E-state index in [1.807, 2.05) is 0 Å². The van der Waals surface area contributed by atoms with Gasteiger partial charge in [-0.15, -0.1) is 0 Å². The highest BCUT2D eigenvalue weighted by atomic mass is 16.6. The summed E-state index contributed by atoms with van der Waals surface area (Å²) in [5, 5.41) is 0. The molecule has 1 aliphatic rings. The van der Waals surface area contributed by atoms with E-state index in [1.165, 1.54) is 19.9 Å². The van der Waals surface area contributed by atoms with Crippen LogP contribution in [0.1, 0.15) is 20.3 Å². The number of rotatable bonds is 5. The van der Waals surface area contributed by atoms with Gasteiger partial charge in [0, 0.05) is 20.3 Å². The zero-order valence-corrected chi connectivity index (χ0v) is 11.5. The summed E-state index contributed by atoms with van der Waals surface area (Å²) in [7, 11) is 0. The lowest BCUT2D eigenvalue weighted by Crippen LogP contribution is -2.52. The van der Waals surface area contributed by atoms with Crippen LogP contribution < -0.4 is 0 Å². The number of carbonyl (C=O) groups is 3. The van der Waals surface area contributed by atoms with Gasteiger partial charge in [0.15, 0.2) is 12.2 Å². The van der Waals surface area contributed by atoms with E-state index in [0.29, 0.717) is 6.42 Å². The summed E-state index contributed by atoms with van der Waals surface area (Å²) >= 11 is 0. The zero-order chi connectivity index (χ0) is 15.1. The standard InChI is InChI=1S/C13H18O7/c1-4-6-18-13(16)12-11(20-9(3)15)10(5-7-17-12)19-8(2)14/h4,10-12H,1,5-7H2,2-3H3/t10-,11+,12+/m1/s1. The Hall–Kier alpha value is -1.89. The van der Waals surface area contributed by atoms with Crippen molar-refractivity contribution >= 4 is 17.9 Å². The second kappa shape index (κ2) is 7.64. The maximum atomic E-state index is 11.9. The molecule has 0 spiro atoms. The minimum atomic E-state index is -1.11. The second-order valence-electron chi connectivity index (χ2n) is 4.22. The summed E-state index contributed by atoms with van der Waals surface area (Å²) in [6.07, 6.45) is -1.11. The van der Waals surface area contributed by atoms with Crippen molar-refractivity contribution in [3.05, 3.63) is 12.7 Å². The topological polar surface area (TPSA) is 88.1 Å². The van der Waals surface area contributed by atoms with Crippen LogP contribution >= 0.6 is 0 Å². The number of esters is 3. The van der Waals surface area contributed by atoms with Crippen LogP contribution in [-0.4, -0.2) is 49.4 Å². The van der Waals surface area contributed by atoms with Gasteiger partial charge in [-0.25, -0.2) is 4.79 Å². The van der Waals surface area contributed by atoms with Gasteiger partial charge in [-0.3, -0.25) is 9.59 Å². The monoisotopic (exact) mass is 286 g/mol. The molecule has 20 heavy (non-hydrogen) atoms. The summed E-state index contributed by atoms with van der Waals surface area (Å²) in [5.41, 5.74) is 0. The first-order valence-electron chi connectivity index (χ1n) is 6.19. The van der Waals surface area contributed by atoms with Crippen molar-refractivity contribution < 1.29 is 33.3 Å². The van der Waals surface area contributed by atoms with Gasteiger partial charge in [0.25, 0.3) is 0 Å². The molecule has 0 amide bonds. The summed E-state index contributed by atoms with van der Waals surface area (Å²) in [5.74, 6) is -1.81. The van der Waals surface area contributed by atoms with Crippen LogP contribution in [-0.2, 0) is 33.3 Å². The van der Waals surface area contributed by atoms with Gasteiger partial charge in [-0.05, 0) is 0 Å². The molecule has 1 heterocycles. The first kappa shape index (κ1) is 16.2. The summed E-state index contributed by atoms with van der Waals surface area (Å²) in [6.45, 7) is 6.08. The average molecular weight is 286 g/mol. The van der Waals surface area contributed by atoms with Crippen LogP contribution in [0.2, 0.25) is 0 Å². The fourth-order valence-corrected chi connectivity index (χ4v) is 1.86. The van der Waals surface area contributed by atoms with E-state index in [4.69, 9.17) is 18.9 Å². The van der Waals surface area contributed by atoms with E-state index < -0.39 is 36.2 Å². The van der Waals surface area contributed by atoms with Crippen molar-refractivity contribution in [2.75, 3.05) is 13.2 Å². The molecule has 0 aromatic heterocycles. The molecule has 1 fully saturated rings. The lowest BCUT2D eigenvalue weighted by atomic mass is 10.0. The van der Waals surface area contributed by atoms with Crippen LogP contribution in [0, 0.1) is 0 Å². The molecule has 0 radical (unpaired) electrons. The van der Waals surface area contributed by atoms with Gasteiger partial charge in [0.1, 0.15) is 12.7 Å². The molecule has 0 unspecified atom stereocenters. The molecule has 0 aromatic carbocycles. The Morgan fingerprint density at radius 3 is 2.45 bits per heavy atom. The third-order valence-corrected chi connectivity index (χ3v) is 2.56. The number of hydrogen-bond acceptors (Lipinski definition) is 7. The maximum absolute atomic E-state index is 11.9. The highest BCUT2D eigenvalue weighted by Gasteiger charge is 2.43. The minimum Gasteiger partial charge on any atom is -0.459 e. The molecule has 7 heteroatoms. The molecule has 1 saturated heterocycles. The van der Waals surface area contributed by atoms with Crippen molar-refractivity contribution in [3.8, 4) is 0 Å². The molecular weight excluding hydrogens is 268 g/mol. The maximum Gasteiger partial charge on any atom is 0.339 e. The quantitative estimate of drug-likeness (QED) is 0.410. The molecule has 1 rings (SSSR count). The second-order valence-corrected chi connectivity index (χ2v) is 4.22. The first-order chi connectivity index (χ1) is 9.45. The van der Waals surface area contributed by atoms with Gasteiger partial charge in [-0.1, -0.05) is 12.7 Å². The summed E-state index contributed by atoms with van der Waals surface area (Å²) in [4.78, 5) is 34.1. The Bertz CT molecular complexity index is 390. The van der Waals surface area contributed by atoms with E-state index in [2.05, 4.69) is 6.58 Å². The van der Waals surface area contributed by atoms with Crippen LogP contribution in [0.3, 0.4) is 0 Å². The Morgan fingerprint density at radius 1 is 1.25 bits per heavy atom. The Morgan fingerprint density at radius 2 is 1.90 bits per heavy atom. The third kappa shape index (κ3) is 4.65. The largest absolute Gasteiger partial charge is 0.459 e. The highest BCUT2D eigenvalue weighted by molar-refractivity contribution is 5.77. The Balaban J connectivity index is 2.82. The molecule has 0 bridgehead atoms. The number of ether oxygens (including phenoxy) is 4. The van der Waals surface area contributed by atoms with E-state index in [1.54, 1.807) is 0 Å². The normalized spacial score (nSPS) is 25.4. The number of hydrogen-bond donors (Lipinski definition) is 0. The molecular formula is C13H18O7. The van der Waals surface area contributed by atoms with Crippen molar-refractivity contribution in [1.29, 1.82) is 0 Å². The van der Waals surface area contributed by atoms with Crippen LogP contribution in [0.5, 0.6) is 0 Å². The predicted octanol–water partition coefficient (Wildman–Crippen LogP) is 0.368. The lowest BCUT2D eigenvalue weighted by Gasteiger charge is -2.35. The van der Waals surface area contributed by atoms with Gasteiger partial charge < -0.3 is 18.9 Å². The van der Waals surface area contributed by atoms with Gasteiger partial charge in [-0.2, -0.15) is 0 Å². The summed E-state index contributed by atoms with van der Waals surface area (Å²) in [6, 6.07) is 0. The van der Waals surface area contributed by atoms with Crippen molar-refractivity contribution in [2.45, 2.75) is 38.6 Å². The van der Waals surface area contributed by atoms with Crippen LogP contribution in [0.4, 0.5) is 0 Å². The molecule has 0 aliphatic carbocycles. The first-order valence-corrected chi connectivity index (χ1v) is 6.19. The molecule has 1 aliphatic heterocycles.